The van der Waals surface area contributed by atoms with Crippen LogP contribution in [0.25, 0.3) is 0 Å². The molecule has 0 aliphatic carbocycles. The Kier molecular flexibility index (Phi) is 4.36. The maximum Gasteiger partial charge on any atom is 0.252 e. The van der Waals surface area contributed by atoms with Crippen molar-refractivity contribution in [3.05, 3.63) is 29.6 Å². The first-order valence-electron chi connectivity index (χ1n) is 4.87. The van der Waals surface area contributed by atoms with Crippen LogP contribution in [-0.2, 0) is 0 Å². The highest BCUT2D eigenvalue weighted by atomic mass is 16.1. The number of rotatable bonds is 4. The van der Waals surface area contributed by atoms with Gasteiger partial charge in [-0.15, -0.1) is 12.3 Å². The molecule has 1 heterocycles. The average molecular weight is 202 g/mol. The van der Waals surface area contributed by atoms with Crippen molar-refractivity contribution in [2.24, 2.45) is 0 Å². The lowest BCUT2D eigenvalue weighted by Crippen LogP contribution is -2.24. The molecule has 0 spiro atoms. The van der Waals surface area contributed by atoms with Gasteiger partial charge in [-0.2, -0.15) is 0 Å². The summed E-state index contributed by atoms with van der Waals surface area (Å²) in [6, 6.07) is 1.81. The molecule has 0 saturated carbocycles. The van der Waals surface area contributed by atoms with Crippen molar-refractivity contribution >= 4 is 5.91 Å². The van der Waals surface area contributed by atoms with Crippen LogP contribution in [0.1, 0.15) is 28.8 Å². The molecule has 0 bridgehead atoms. The number of carbonyl (C=O) groups is 1. The fourth-order valence-corrected chi connectivity index (χ4v) is 1.17. The lowest BCUT2D eigenvalue weighted by Gasteiger charge is -2.03. The van der Waals surface area contributed by atoms with Gasteiger partial charge < -0.3 is 5.32 Å². The third-order valence-corrected chi connectivity index (χ3v) is 1.92. The predicted molar refractivity (Wildman–Crippen MR) is 59.4 cm³/mol. The highest BCUT2D eigenvalue weighted by molar-refractivity contribution is 5.93. The largest absolute Gasteiger partial charge is 0.352 e. The van der Waals surface area contributed by atoms with E-state index in [1.54, 1.807) is 12.4 Å². The molecule has 0 fully saturated rings. The van der Waals surface area contributed by atoms with Gasteiger partial charge in [0, 0.05) is 25.4 Å². The van der Waals surface area contributed by atoms with E-state index < -0.39 is 0 Å². The first-order chi connectivity index (χ1) is 7.24. The van der Waals surface area contributed by atoms with Crippen molar-refractivity contribution in [3.63, 3.8) is 0 Å². The summed E-state index contributed by atoms with van der Waals surface area (Å²) in [5.41, 5.74) is 1.57. The maximum atomic E-state index is 11.6. The maximum absolute atomic E-state index is 11.6. The Hall–Kier alpha value is -1.82. The molecule has 1 rings (SSSR count). The summed E-state index contributed by atoms with van der Waals surface area (Å²) >= 11 is 0. The summed E-state index contributed by atoms with van der Waals surface area (Å²) in [5, 5.41) is 2.79. The first-order valence-corrected chi connectivity index (χ1v) is 4.87. The molecule has 0 aromatic carbocycles. The summed E-state index contributed by atoms with van der Waals surface area (Å²) in [6.07, 6.45) is 9.87. The normalized spacial score (nSPS) is 9.33. The summed E-state index contributed by atoms with van der Waals surface area (Å²) in [7, 11) is 0. The molecule has 1 amide bonds. The molecule has 0 radical (unpaired) electrons. The lowest BCUT2D eigenvalue weighted by atomic mass is 10.2. The summed E-state index contributed by atoms with van der Waals surface area (Å²) < 4.78 is 0. The van der Waals surface area contributed by atoms with Gasteiger partial charge in [0.15, 0.2) is 0 Å². The second-order valence-electron chi connectivity index (χ2n) is 3.31. The van der Waals surface area contributed by atoms with E-state index in [-0.39, 0.29) is 5.91 Å². The molecule has 0 unspecified atom stereocenters. The number of nitrogens with zero attached hydrogens (tertiary/aromatic N) is 1. The number of hydrogen-bond acceptors (Lipinski definition) is 2. The molecule has 0 saturated heterocycles. The number of pyridine rings is 1. The minimum absolute atomic E-state index is 0.0942. The molecular formula is C12H14N2O. The fourth-order valence-electron chi connectivity index (χ4n) is 1.17. The van der Waals surface area contributed by atoms with Crippen LogP contribution >= 0.6 is 0 Å². The van der Waals surface area contributed by atoms with Crippen LogP contribution in [0.5, 0.6) is 0 Å². The summed E-state index contributed by atoms with van der Waals surface area (Å²) in [5.74, 6) is 2.43. The van der Waals surface area contributed by atoms with Crippen molar-refractivity contribution in [1.29, 1.82) is 0 Å². The monoisotopic (exact) mass is 202 g/mol. The van der Waals surface area contributed by atoms with Gasteiger partial charge in [0.05, 0.1) is 5.56 Å². The highest BCUT2D eigenvalue weighted by Crippen LogP contribution is 2.00. The Morgan fingerprint density at radius 2 is 2.40 bits per heavy atom. The van der Waals surface area contributed by atoms with Crippen LogP contribution in [0, 0.1) is 19.3 Å². The second-order valence-corrected chi connectivity index (χ2v) is 3.31. The fraction of sp³-hybridized carbons (Fsp3) is 0.333. The number of terminal acetylenes is 1. The molecule has 1 N–H and O–H groups in total. The number of aryl methyl sites for hydroxylation is 1. The third kappa shape index (κ3) is 3.82. The minimum Gasteiger partial charge on any atom is -0.352 e. The zero-order valence-electron chi connectivity index (χ0n) is 8.79. The summed E-state index contributed by atoms with van der Waals surface area (Å²) in [4.78, 5) is 15.5. The first kappa shape index (κ1) is 11.3. The van der Waals surface area contributed by atoms with Crippen LogP contribution in [-0.4, -0.2) is 17.4 Å². The van der Waals surface area contributed by atoms with E-state index in [0.717, 1.165) is 12.0 Å². The van der Waals surface area contributed by atoms with Gasteiger partial charge in [-0.3, -0.25) is 9.78 Å². The van der Waals surface area contributed by atoms with Gasteiger partial charge in [-0.05, 0) is 25.0 Å². The Morgan fingerprint density at radius 3 is 3.07 bits per heavy atom. The number of unbranched alkanes of at least 4 members (excludes halogenated alkanes) is 1. The number of nitrogens with one attached hydrogen (secondary N) is 1. The van der Waals surface area contributed by atoms with Gasteiger partial charge in [-0.25, -0.2) is 0 Å². The predicted octanol–water partition coefficient (Wildman–Crippen LogP) is 1.53. The average Bonchev–Trinajstić information content (AvgIpc) is 2.24. The van der Waals surface area contributed by atoms with E-state index in [1.165, 1.54) is 0 Å². The Balaban J connectivity index is 2.44. The Labute approximate surface area is 89.9 Å². The van der Waals surface area contributed by atoms with E-state index >= 15 is 0 Å². The van der Waals surface area contributed by atoms with Crippen LogP contribution in [0.15, 0.2) is 18.5 Å². The quantitative estimate of drug-likeness (QED) is 0.594. The SMILES string of the molecule is C#CCCCNC(=O)c1cncc(C)c1. The van der Waals surface area contributed by atoms with E-state index in [2.05, 4.69) is 16.2 Å². The van der Waals surface area contributed by atoms with Crippen molar-refractivity contribution in [2.45, 2.75) is 19.8 Å². The molecule has 1 aromatic heterocycles. The number of amides is 1. The molecule has 0 aliphatic heterocycles. The standard InChI is InChI=1S/C12H14N2O/c1-3-4-5-6-14-12(15)11-7-10(2)8-13-9-11/h1,7-9H,4-6H2,2H3,(H,14,15). The van der Waals surface area contributed by atoms with Gasteiger partial charge in [0.25, 0.3) is 5.91 Å². The van der Waals surface area contributed by atoms with Crippen LogP contribution in [0.3, 0.4) is 0 Å². The molecule has 78 valence electrons. The zero-order valence-corrected chi connectivity index (χ0v) is 8.79. The van der Waals surface area contributed by atoms with Crippen molar-refractivity contribution in [2.75, 3.05) is 6.54 Å². The number of hydrogen-bond donors (Lipinski definition) is 1. The third-order valence-electron chi connectivity index (χ3n) is 1.92. The molecule has 0 atom stereocenters. The van der Waals surface area contributed by atoms with Crippen LogP contribution < -0.4 is 5.32 Å². The molecule has 3 heteroatoms. The van der Waals surface area contributed by atoms with Crippen molar-refractivity contribution in [1.82, 2.24) is 10.3 Å². The van der Waals surface area contributed by atoms with E-state index in [9.17, 15) is 4.79 Å². The molecule has 1 aromatic rings. The topological polar surface area (TPSA) is 42.0 Å². The smallest absolute Gasteiger partial charge is 0.252 e. The van der Waals surface area contributed by atoms with Crippen molar-refractivity contribution in [3.8, 4) is 12.3 Å². The van der Waals surface area contributed by atoms with Gasteiger partial charge in [0.2, 0.25) is 0 Å². The highest BCUT2D eigenvalue weighted by Gasteiger charge is 2.04. The number of carbonyl (C=O) groups excluding carboxylic acids is 1. The van der Waals surface area contributed by atoms with E-state index in [4.69, 9.17) is 6.42 Å². The van der Waals surface area contributed by atoms with Gasteiger partial charge in [0.1, 0.15) is 0 Å². The van der Waals surface area contributed by atoms with Gasteiger partial charge in [-0.1, -0.05) is 0 Å². The van der Waals surface area contributed by atoms with Crippen LogP contribution in [0.4, 0.5) is 0 Å². The van der Waals surface area contributed by atoms with Crippen molar-refractivity contribution < 1.29 is 4.79 Å². The second kappa shape index (κ2) is 5.82. The molecule has 3 nitrogen and oxygen atoms in total. The molecular weight excluding hydrogens is 188 g/mol. The van der Waals surface area contributed by atoms with Crippen LogP contribution in [0.2, 0.25) is 0 Å². The molecule has 15 heavy (non-hydrogen) atoms. The summed E-state index contributed by atoms with van der Waals surface area (Å²) in [6.45, 7) is 2.51. The Morgan fingerprint density at radius 1 is 1.60 bits per heavy atom. The van der Waals surface area contributed by atoms with Gasteiger partial charge >= 0.3 is 0 Å². The van der Waals surface area contributed by atoms with E-state index in [0.29, 0.717) is 18.5 Å². The number of aromatic nitrogens is 1. The van der Waals surface area contributed by atoms with E-state index in [1.807, 2.05) is 13.0 Å². The zero-order chi connectivity index (χ0) is 11.1. The minimum atomic E-state index is -0.0942. The lowest BCUT2D eigenvalue weighted by molar-refractivity contribution is 0.0953. The Bertz CT molecular complexity index is 379. The molecule has 0 aliphatic rings.